The lowest BCUT2D eigenvalue weighted by atomic mass is 9.94. The number of pyridine rings is 1. The van der Waals surface area contributed by atoms with Gasteiger partial charge in [0.05, 0.1) is 27.8 Å². The Morgan fingerprint density at radius 3 is 1.56 bits per heavy atom. The molecule has 0 N–H and O–H groups in total. The number of benzene rings is 9. The average Bonchev–Trinajstić information content (AvgIpc) is 3.78. The van der Waals surface area contributed by atoms with Crippen LogP contribution in [0, 0.1) is 6.92 Å². The van der Waals surface area contributed by atoms with Crippen LogP contribution in [0.2, 0.25) is 0 Å². The number of para-hydroxylation sites is 3. The summed E-state index contributed by atoms with van der Waals surface area (Å²) in [4.78, 5) is 5.70. The normalized spacial score (nSPS) is 11.9. The minimum absolute atomic E-state index is 0.946. The minimum atomic E-state index is 0.946. The topological polar surface area (TPSA) is 22.8 Å². The Morgan fingerprint density at radius 2 is 0.877 bits per heavy atom. The Morgan fingerprint density at radius 1 is 0.368 bits per heavy atom. The van der Waals surface area contributed by atoms with Crippen molar-refractivity contribution in [3.05, 3.63) is 200 Å². The summed E-state index contributed by atoms with van der Waals surface area (Å²) in [6.45, 7) is 2.23. The molecule has 3 aromatic heterocycles. The summed E-state index contributed by atoms with van der Waals surface area (Å²) in [6, 6.07) is 70.6. The molecule has 0 unspecified atom stereocenters. The molecule has 0 aliphatic carbocycles. The summed E-state index contributed by atoms with van der Waals surface area (Å²) in [6.07, 6.45) is 0. The lowest BCUT2D eigenvalue weighted by molar-refractivity contribution is 1.07. The van der Waals surface area contributed by atoms with Crippen molar-refractivity contribution in [3.63, 3.8) is 0 Å². The van der Waals surface area contributed by atoms with Crippen molar-refractivity contribution in [3.8, 4) is 33.9 Å². The van der Waals surface area contributed by atoms with Crippen LogP contribution in [0.5, 0.6) is 0 Å². The van der Waals surface area contributed by atoms with Gasteiger partial charge in [-0.05, 0) is 81.9 Å². The molecule has 0 atom stereocenters. The van der Waals surface area contributed by atoms with E-state index in [4.69, 9.17) is 4.98 Å². The summed E-state index contributed by atoms with van der Waals surface area (Å²) < 4.78 is 4.83. The Bertz CT molecular complexity index is 3530. The number of nitrogens with zero attached hydrogens (tertiary/aromatic N) is 3. The van der Waals surface area contributed by atoms with E-state index in [1.54, 1.807) is 0 Å². The largest absolute Gasteiger partial charge is 0.309 e. The van der Waals surface area contributed by atoms with E-state index < -0.39 is 0 Å². The van der Waals surface area contributed by atoms with Crippen LogP contribution in [-0.2, 0) is 0 Å². The second-order valence-corrected chi connectivity index (χ2v) is 15.2. The predicted octanol–water partition coefficient (Wildman–Crippen LogP) is 14.4. The first-order chi connectivity index (χ1) is 28.2. The summed E-state index contributed by atoms with van der Waals surface area (Å²) >= 11 is 0. The zero-order valence-corrected chi connectivity index (χ0v) is 31.3. The molecule has 12 aromatic rings. The first kappa shape index (κ1) is 31.8. The number of aromatic nitrogens is 3. The van der Waals surface area contributed by atoms with Crippen molar-refractivity contribution in [2.45, 2.75) is 6.92 Å². The Hall–Kier alpha value is -7.49. The van der Waals surface area contributed by atoms with Crippen molar-refractivity contribution in [1.82, 2.24) is 14.1 Å². The Kier molecular flexibility index (Phi) is 6.84. The third kappa shape index (κ3) is 4.69. The highest BCUT2D eigenvalue weighted by molar-refractivity contribution is 6.21. The van der Waals surface area contributed by atoms with E-state index in [2.05, 4.69) is 210 Å². The second-order valence-electron chi connectivity index (χ2n) is 15.2. The Labute approximate surface area is 329 Å². The molecule has 0 aliphatic rings. The maximum Gasteiger partial charge on any atom is 0.141 e. The molecule has 266 valence electrons. The standard InChI is InChI=1S/C54H35N3/c1-34-41-17-6-7-22-46(41)52(39-27-26-35-14-2-3-15-37(35)32-39)55-54(34)57-50-25-13-10-21-45(50)47-33-38-16-4-5-18-42(38)51(53(47)57)36-28-30-40(31-29-36)56-48-23-11-8-19-43(48)44-20-9-12-24-49(44)56/h2-33H,1H3. The summed E-state index contributed by atoms with van der Waals surface area (Å²) in [5.74, 6) is 0.946. The minimum Gasteiger partial charge on any atom is -0.309 e. The van der Waals surface area contributed by atoms with Crippen molar-refractivity contribution >= 4 is 75.9 Å². The monoisotopic (exact) mass is 725 g/mol. The van der Waals surface area contributed by atoms with E-state index in [-0.39, 0.29) is 0 Å². The van der Waals surface area contributed by atoms with Gasteiger partial charge in [0.1, 0.15) is 5.82 Å². The highest BCUT2D eigenvalue weighted by atomic mass is 15.1. The van der Waals surface area contributed by atoms with Gasteiger partial charge in [0, 0.05) is 49.3 Å². The fraction of sp³-hybridized carbons (Fsp3) is 0.0185. The van der Waals surface area contributed by atoms with Crippen molar-refractivity contribution < 1.29 is 0 Å². The molecule has 0 bridgehead atoms. The molecule has 3 nitrogen and oxygen atoms in total. The van der Waals surface area contributed by atoms with E-state index >= 15 is 0 Å². The molecule has 0 aliphatic heterocycles. The quantitative estimate of drug-likeness (QED) is 0.177. The molecule has 0 saturated carbocycles. The fourth-order valence-electron chi connectivity index (χ4n) is 9.44. The van der Waals surface area contributed by atoms with E-state index in [0.717, 1.165) is 44.7 Å². The smallest absolute Gasteiger partial charge is 0.141 e. The first-order valence-corrected chi connectivity index (χ1v) is 19.6. The highest BCUT2D eigenvalue weighted by Gasteiger charge is 2.23. The van der Waals surface area contributed by atoms with Crippen molar-refractivity contribution in [2.75, 3.05) is 0 Å². The summed E-state index contributed by atoms with van der Waals surface area (Å²) in [7, 11) is 0. The average molecular weight is 726 g/mol. The third-order valence-electron chi connectivity index (χ3n) is 12.0. The molecule has 57 heavy (non-hydrogen) atoms. The van der Waals surface area contributed by atoms with Gasteiger partial charge in [-0.3, -0.25) is 4.57 Å². The summed E-state index contributed by atoms with van der Waals surface area (Å²) in [5, 5.41) is 12.2. The Balaban J connectivity index is 1.16. The lowest BCUT2D eigenvalue weighted by Crippen LogP contribution is -2.04. The fourth-order valence-corrected chi connectivity index (χ4v) is 9.44. The molecule has 0 fully saturated rings. The van der Waals surface area contributed by atoms with Crippen LogP contribution in [0.15, 0.2) is 194 Å². The van der Waals surface area contributed by atoms with Crippen LogP contribution >= 0.6 is 0 Å². The van der Waals surface area contributed by atoms with Gasteiger partial charge in [-0.25, -0.2) is 4.98 Å². The zero-order valence-electron chi connectivity index (χ0n) is 31.3. The maximum absolute atomic E-state index is 5.70. The van der Waals surface area contributed by atoms with Crippen LogP contribution < -0.4 is 0 Å². The van der Waals surface area contributed by atoms with Crippen LogP contribution in [0.4, 0.5) is 0 Å². The molecular formula is C54H35N3. The zero-order chi connectivity index (χ0) is 37.6. The van der Waals surface area contributed by atoms with Gasteiger partial charge in [0.25, 0.3) is 0 Å². The van der Waals surface area contributed by atoms with E-state index in [1.807, 2.05) is 0 Å². The van der Waals surface area contributed by atoms with Gasteiger partial charge >= 0.3 is 0 Å². The highest BCUT2D eigenvalue weighted by Crippen LogP contribution is 2.44. The van der Waals surface area contributed by atoms with Crippen molar-refractivity contribution in [2.24, 2.45) is 0 Å². The number of rotatable bonds is 4. The first-order valence-electron chi connectivity index (χ1n) is 19.6. The van der Waals surface area contributed by atoms with Crippen molar-refractivity contribution in [1.29, 1.82) is 0 Å². The summed E-state index contributed by atoms with van der Waals surface area (Å²) in [5.41, 5.74) is 11.5. The SMILES string of the molecule is Cc1c(-n2c3ccccc3c3cc4ccccc4c(-c4ccc(-n5c6ccccc6c6ccccc65)cc4)c32)nc(-c2ccc3ccccc3c2)c2ccccc12. The molecule has 0 saturated heterocycles. The lowest BCUT2D eigenvalue weighted by Gasteiger charge is -2.19. The van der Waals surface area contributed by atoms with Crippen LogP contribution in [0.3, 0.4) is 0 Å². The molecule has 3 heterocycles. The van der Waals surface area contributed by atoms with Gasteiger partial charge in [-0.1, -0.05) is 152 Å². The van der Waals surface area contributed by atoms with Crippen LogP contribution in [0.25, 0.3) is 110 Å². The predicted molar refractivity (Wildman–Crippen MR) is 241 cm³/mol. The van der Waals surface area contributed by atoms with E-state index in [9.17, 15) is 0 Å². The molecule has 0 spiro atoms. The number of aryl methyl sites for hydroxylation is 1. The third-order valence-corrected chi connectivity index (χ3v) is 12.0. The molecule has 0 amide bonds. The number of hydrogen-bond acceptors (Lipinski definition) is 1. The number of hydrogen-bond donors (Lipinski definition) is 0. The van der Waals surface area contributed by atoms with E-state index in [1.165, 1.54) is 70.6 Å². The van der Waals surface area contributed by atoms with Gasteiger partial charge in [0.2, 0.25) is 0 Å². The molecule has 12 rings (SSSR count). The van der Waals surface area contributed by atoms with E-state index in [0.29, 0.717) is 0 Å². The second kappa shape index (κ2) is 12.3. The molecule has 9 aromatic carbocycles. The van der Waals surface area contributed by atoms with Gasteiger partial charge < -0.3 is 4.57 Å². The van der Waals surface area contributed by atoms with Gasteiger partial charge in [-0.2, -0.15) is 0 Å². The van der Waals surface area contributed by atoms with Crippen LogP contribution in [-0.4, -0.2) is 14.1 Å². The molecule has 0 radical (unpaired) electrons. The van der Waals surface area contributed by atoms with Gasteiger partial charge in [0.15, 0.2) is 0 Å². The number of fused-ring (bicyclic) bond motifs is 9. The van der Waals surface area contributed by atoms with Gasteiger partial charge in [-0.15, -0.1) is 0 Å². The van der Waals surface area contributed by atoms with Crippen LogP contribution in [0.1, 0.15) is 5.56 Å². The maximum atomic E-state index is 5.70. The molecular weight excluding hydrogens is 691 g/mol. The molecule has 3 heteroatoms.